The number of benzene rings is 3. The van der Waals surface area contributed by atoms with Crippen molar-refractivity contribution >= 4 is 22.4 Å². The Morgan fingerprint density at radius 3 is 2.24 bits per heavy atom. The molecule has 0 atom stereocenters. The number of nitrogens with zero attached hydrogens (tertiary/aromatic N) is 4. The molecule has 1 aliphatic rings. The largest absolute Gasteiger partial charge is 0.492 e. The summed E-state index contributed by atoms with van der Waals surface area (Å²) in [5.41, 5.74) is 1.72. The first kappa shape index (κ1) is 21.7. The summed E-state index contributed by atoms with van der Waals surface area (Å²) in [4.78, 5) is 30.8. The van der Waals surface area contributed by atoms with E-state index in [0.29, 0.717) is 54.9 Å². The van der Waals surface area contributed by atoms with Gasteiger partial charge < -0.3 is 14.5 Å². The predicted octanol–water partition coefficient (Wildman–Crippen LogP) is 3.75. The lowest BCUT2D eigenvalue weighted by molar-refractivity contribution is 0.0741. The molecular weight excluding hydrogens is 428 g/mol. The van der Waals surface area contributed by atoms with E-state index in [1.165, 1.54) is 4.68 Å². The van der Waals surface area contributed by atoms with Crippen LogP contribution < -0.4 is 15.2 Å². The van der Waals surface area contributed by atoms with Crippen LogP contribution in [0, 0.1) is 0 Å². The molecule has 172 valence electrons. The molecule has 3 aromatic carbocycles. The van der Waals surface area contributed by atoms with Gasteiger partial charge in [0.15, 0.2) is 5.69 Å². The van der Waals surface area contributed by atoms with Crippen molar-refractivity contribution in [2.24, 2.45) is 0 Å². The van der Waals surface area contributed by atoms with Crippen molar-refractivity contribution in [2.45, 2.75) is 6.92 Å². The molecule has 7 heteroatoms. The Morgan fingerprint density at radius 2 is 1.50 bits per heavy atom. The number of anilines is 1. The normalized spacial score (nSPS) is 13.8. The molecule has 7 nitrogen and oxygen atoms in total. The second-order valence-electron chi connectivity index (χ2n) is 8.13. The SMILES string of the molecule is CCOc1ccccc1N1CCN(C(=O)c2nn(-c3ccccc3)c(=O)c3ccccc23)CC1. The highest BCUT2D eigenvalue weighted by Crippen LogP contribution is 2.29. The van der Waals surface area contributed by atoms with Gasteiger partial charge in [-0.25, -0.2) is 0 Å². The van der Waals surface area contributed by atoms with E-state index in [1.807, 2.05) is 78.6 Å². The zero-order valence-corrected chi connectivity index (χ0v) is 19.1. The van der Waals surface area contributed by atoms with Crippen molar-refractivity contribution in [3.8, 4) is 11.4 Å². The Hall–Kier alpha value is -4.13. The number of fused-ring (bicyclic) bond motifs is 1. The Morgan fingerprint density at radius 1 is 0.853 bits per heavy atom. The third-order valence-electron chi connectivity index (χ3n) is 6.08. The molecule has 0 N–H and O–H groups in total. The molecule has 1 fully saturated rings. The van der Waals surface area contributed by atoms with Crippen molar-refractivity contribution in [1.82, 2.24) is 14.7 Å². The number of carbonyl (C=O) groups excluding carboxylic acids is 1. The van der Waals surface area contributed by atoms with Crippen LogP contribution in [-0.2, 0) is 0 Å². The van der Waals surface area contributed by atoms with Gasteiger partial charge in [-0.15, -0.1) is 0 Å². The molecule has 34 heavy (non-hydrogen) atoms. The van der Waals surface area contributed by atoms with Crippen molar-refractivity contribution in [1.29, 1.82) is 0 Å². The van der Waals surface area contributed by atoms with Gasteiger partial charge in [0, 0.05) is 31.6 Å². The van der Waals surface area contributed by atoms with Gasteiger partial charge in [-0.1, -0.05) is 48.5 Å². The zero-order valence-electron chi connectivity index (χ0n) is 19.1. The number of hydrogen-bond donors (Lipinski definition) is 0. The van der Waals surface area contributed by atoms with E-state index in [4.69, 9.17) is 4.74 Å². The van der Waals surface area contributed by atoms with Gasteiger partial charge in [0.1, 0.15) is 5.75 Å². The van der Waals surface area contributed by atoms with Gasteiger partial charge in [-0.3, -0.25) is 9.59 Å². The second kappa shape index (κ2) is 9.39. The Kier molecular flexibility index (Phi) is 5.99. The van der Waals surface area contributed by atoms with Crippen molar-refractivity contribution in [3.05, 3.63) is 94.9 Å². The number of hydrogen-bond acceptors (Lipinski definition) is 5. The lowest BCUT2D eigenvalue weighted by Gasteiger charge is -2.36. The van der Waals surface area contributed by atoms with Crippen LogP contribution in [-0.4, -0.2) is 53.4 Å². The van der Waals surface area contributed by atoms with E-state index < -0.39 is 0 Å². The fourth-order valence-electron chi connectivity index (χ4n) is 4.39. The summed E-state index contributed by atoms with van der Waals surface area (Å²) in [6.45, 7) is 5.06. The fourth-order valence-corrected chi connectivity index (χ4v) is 4.39. The number of amides is 1. The minimum atomic E-state index is -0.240. The second-order valence-corrected chi connectivity index (χ2v) is 8.13. The van der Waals surface area contributed by atoms with Gasteiger partial charge in [0.05, 0.1) is 23.4 Å². The van der Waals surface area contributed by atoms with Crippen LogP contribution in [0.5, 0.6) is 5.75 Å². The Labute approximate surface area is 197 Å². The first-order valence-electron chi connectivity index (χ1n) is 11.5. The quantitative estimate of drug-likeness (QED) is 0.460. The molecule has 0 saturated carbocycles. The van der Waals surface area contributed by atoms with E-state index in [2.05, 4.69) is 10.00 Å². The summed E-state index contributed by atoms with van der Waals surface area (Å²) in [7, 11) is 0. The van der Waals surface area contributed by atoms with Crippen LogP contribution in [0.25, 0.3) is 16.5 Å². The van der Waals surface area contributed by atoms with Crippen LogP contribution in [0.4, 0.5) is 5.69 Å². The standard InChI is InChI=1S/C27H26N4O3/c1-2-34-24-15-9-8-14-23(24)29-16-18-30(19-17-29)27(33)25-21-12-6-7-13-22(21)26(32)31(28-25)20-10-4-3-5-11-20/h3-15H,2,16-19H2,1H3. The zero-order chi connectivity index (χ0) is 23.5. The van der Waals surface area contributed by atoms with Gasteiger partial charge in [0.2, 0.25) is 0 Å². The molecular formula is C27H26N4O3. The molecule has 4 aromatic rings. The molecule has 0 aliphatic carbocycles. The molecule has 0 radical (unpaired) electrons. The van der Waals surface area contributed by atoms with Crippen LogP contribution in [0.3, 0.4) is 0 Å². The molecule has 0 unspecified atom stereocenters. The minimum Gasteiger partial charge on any atom is -0.492 e. The fraction of sp³-hybridized carbons (Fsp3) is 0.222. The molecule has 2 heterocycles. The van der Waals surface area contributed by atoms with E-state index >= 15 is 0 Å². The molecule has 5 rings (SSSR count). The van der Waals surface area contributed by atoms with Gasteiger partial charge in [-0.05, 0) is 37.3 Å². The van der Waals surface area contributed by atoms with E-state index in [9.17, 15) is 9.59 Å². The van der Waals surface area contributed by atoms with E-state index in [0.717, 1.165) is 11.4 Å². The Bertz CT molecular complexity index is 1380. The van der Waals surface area contributed by atoms with Crippen molar-refractivity contribution in [3.63, 3.8) is 0 Å². The maximum absolute atomic E-state index is 13.6. The smallest absolute Gasteiger partial charge is 0.279 e. The highest BCUT2D eigenvalue weighted by molar-refractivity contribution is 6.05. The van der Waals surface area contributed by atoms with Crippen LogP contribution >= 0.6 is 0 Å². The van der Waals surface area contributed by atoms with Crippen LogP contribution in [0.2, 0.25) is 0 Å². The number of aromatic nitrogens is 2. The third-order valence-corrected chi connectivity index (χ3v) is 6.08. The molecule has 0 spiro atoms. The summed E-state index contributed by atoms with van der Waals surface area (Å²) in [5, 5.41) is 5.60. The average molecular weight is 455 g/mol. The highest BCUT2D eigenvalue weighted by atomic mass is 16.5. The maximum atomic E-state index is 13.6. The summed E-state index contributed by atoms with van der Waals surface area (Å²) in [6.07, 6.45) is 0. The van der Waals surface area contributed by atoms with Crippen molar-refractivity contribution < 1.29 is 9.53 Å². The molecule has 0 bridgehead atoms. The minimum absolute atomic E-state index is 0.168. The maximum Gasteiger partial charge on any atom is 0.279 e. The Balaban J connectivity index is 1.45. The van der Waals surface area contributed by atoms with Gasteiger partial charge in [0.25, 0.3) is 11.5 Å². The number of carbonyl (C=O) groups is 1. The molecule has 1 saturated heterocycles. The number of piperazine rings is 1. The highest BCUT2D eigenvalue weighted by Gasteiger charge is 2.27. The lowest BCUT2D eigenvalue weighted by atomic mass is 10.1. The molecule has 1 aliphatic heterocycles. The first-order chi connectivity index (χ1) is 16.7. The lowest BCUT2D eigenvalue weighted by Crippen LogP contribution is -2.49. The molecule has 1 amide bonds. The van der Waals surface area contributed by atoms with Crippen molar-refractivity contribution in [2.75, 3.05) is 37.7 Å². The summed E-state index contributed by atoms with van der Waals surface area (Å²) < 4.78 is 7.11. The van der Waals surface area contributed by atoms with E-state index in [1.54, 1.807) is 12.1 Å². The number of rotatable bonds is 5. The van der Waals surface area contributed by atoms with Gasteiger partial charge in [-0.2, -0.15) is 9.78 Å². The molecule has 1 aromatic heterocycles. The van der Waals surface area contributed by atoms with E-state index in [-0.39, 0.29) is 11.5 Å². The predicted molar refractivity (Wildman–Crippen MR) is 133 cm³/mol. The summed E-state index contributed by atoms with van der Waals surface area (Å²) >= 11 is 0. The van der Waals surface area contributed by atoms with Crippen LogP contribution in [0.15, 0.2) is 83.7 Å². The van der Waals surface area contributed by atoms with Gasteiger partial charge >= 0.3 is 0 Å². The number of para-hydroxylation sites is 3. The topological polar surface area (TPSA) is 67.7 Å². The summed E-state index contributed by atoms with van der Waals surface area (Å²) in [5.74, 6) is 0.686. The van der Waals surface area contributed by atoms with Crippen LogP contribution in [0.1, 0.15) is 17.4 Å². The number of ether oxygens (including phenoxy) is 1. The average Bonchev–Trinajstić information content (AvgIpc) is 2.90. The summed E-state index contributed by atoms with van der Waals surface area (Å²) in [6, 6.07) is 24.4. The third kappa shape index (κ3) is 4.01. The monoisotopic (exact) mass is 454 g/mol. The first-order valence-corrected chi connectivity index (χ1v) is 11.5.